The Hall–Kier alpha value is -4.07. The third kappa shape index (κ3) is 8.46. The van der Waals surface area contributed by atoms with Crippen LogP contribution < -0.4 is 14.8 Å². The first kappa shape index (κ1) is 29.9. The van der Waals surface area contributed by atoms with E-state index >= 15 is 0 Å². The summed E-state index contributed by atoms with van der Waals surface area (Å²) in [5.41, 5.74) is 2.72. The van der Waals surface area contributed by atoms with Gasteiger partial charge in [0.05, 0.1) is 29.2 Å². The summed E-state index contributed by atoms with van der Waals surface area (Å²) in [6.45, 7) is 0.481. The average Bonchev–Trinajstić information content (AvgIpc) is 3.34. The van der Waals surface area contributed by atoms with Crippen molar-refractivity contribution in [2.24, 2.45) is 0 Å². The zero-order valence-corrected chi connectivity index (χ0v) is 23.9. The number of aliphatic carboxylic acids is 1. The van der Waals surface area contributed by atoms with E-state index in [2.05, 4.69) is 25.2 Å². The predicted octanol–water partition coefficient (Wildman–Crippen LogP) is 4.36. The van der Waals surface area contributed by atoms with Crippen LogP contribution in [-0.4, -0.2) is 54.2 Å². The summed E-state index contributed by atoms with van der Waals surface area (Å²) >= 11 is 7.38. The summed E-state index contributed by atoms with van der Waals surface area (Å²) in [6.07, 6.45) is 2.68. The zero-order chi connectivity index (χ0) is 29.2. The van der Waals surface area contributed by atoms with Crippen molar-refractivity contribution in [1.29, 1.82) is 0 Å². The summed E-state index contributed by atoms with van der Waals surface area (Å²) in [6, 6.07) is 16.8. The number of ether oxygens (including phenoxy) is 1. The van der Waals surface area contributed by atoms with Crippen molar-refractivity contribution < 1.29 is 27.9 Å². The van der Waals surface area contributed by atoms with Crippen molar-refractivity contribution in [3.63, 3.8) is 0 Å². The van der Waals surface area contributed by atoms with E-state index in [1.807, 2.05) is 24.3 Å². The Bertz CT molecular complexity index is 1630. The highest BCUT2D eigenvalue weighted by Gasteiger charge is 2.23. The first-order chi connectivity index (χ1) is 19.7. The molecule has 1 amide bonds. The fourth-order valence-corrected chi connectivity index (χ4v) is 6.02. The Morgan fingerprint density at radius 2 is 1.95 bits per heavy atom. The van der Waals surface area contributed by atoms with Gasteiger partial charge in [0, 0.05) is 23.5 Å². The third-order valence-corrected chi connectivity index (χ3v) is 8.29. The number of carbonyl (C=O) groups excluding carboxylic acids is 1. The fourth-order valence-electron chi connectivity index (χ4n) is 3.74. The van der Waals surface area contributed by atoms with Gasteiger partial charge in [-0.2, -0.15) is 5.10 Å². The van der Waals surface area contributed by atoms with E-state index in [9.17, 15) is 18.0 Å². The maximum absolute atomic E-state index is 13.2. The van der Waals surface area contributed by atoms with Gasteiger partial charge < -0.3 is 15.2 Å². The van der Waals surface area contributed by atoms with Crippen molar-refractivity contribution >= 4 is 51.6 Å². The Morgan fingerprint density at radius 1 is 1.12 bits per heavy atom. The van der Waals surface area contributed by atoms with E-state index in [-0.39, 0.29) is 28.8 Å². The van der Waals surface area contributed by atoms with Gasteiger partial charge in [0.15, 0.2) is 0 Å². The summed E-state index contributed by atoms with van der Waals surface area (Å²) < 4.78 is 34.5. The highest BCUT2D eigenvalue weighted by Crippen LogP contribution is 2.37. The number of carbonyl (C=O) groups is 2. The fraction of sp³-hybridized carbons (Fsp3) is 0.185. The molecule has 2 heterocycles. The topological polar surface area (TPSA) is 163 Å². The number of halogens is 1. The largest absolute Gasteiger partial charge is 0.493 e. The summed E-state index contributed by atoms with van der Waals surface area (Å²) in [5, 5.41) is 19.4. The Morgan fingerprint density at radius 3 is 2.73 bits per heavy atom. The molecule has 11 nitrogen and oxygen atoms in total. The monoisotopic (exact) mass is 615 g/mol. The van der Waals surface area contributed by atoms with Gasteiger partial charge in [-0.25, -0.2) is 8.42 Å². The first-order valence-corrected chi connectivity index (χ1v) is 15.2. The Balaban J connectivity index is 1.62. The number of pyridine rings is 1. The van der Waals surface area contributed by atoms with Crippen LogP contribution >= 0.6 is 23.4 Å². The van der Waals surface area contributed by atoms with E-state index in [1.54, 1.807) is 30.5 Å². The van der Waals surface area contributed by atoms with E-state index in [4.69, 9.17) is 21.4 Å². The average molecular weight is 616 g/mol. The quantitative estimate of drug-likeness (QED) is 0.0864. The highest BCUT2D eigenvalue weighted by atomic mass is 35.5. The number of benzene rings is 2. The summed E-state index contributed by atoms with van der Waals surface area (Å²) in [7, 11) is -4.02. The molecule has 0 aliphatic rings. The Kier molecular flexibility index (Phi) is 10.2. The van der Waals surface area contributed by atoms with E-state index < -0.39 is 16.0 Å². The SMILES string of the molecule is O=CNCCc1ccnc(-c2c(SCc3cccc(OCCC(=O)O)c3)n[nH]c2NS(=O)(=O)c2cccc(Cl)c2)c1. The molecular weight excluding hydrogens is 590 g/mol. The molecule has 0 spiro atoms. The van der Waals surface area contributed by atoms with Crippen LogP contribution in [-0.2, 0) is 31.8 Å². The molecular formula is C27H26ClN5O6S2. The van der Waals surface area contributed by atoms with E-state index in [0.717, 1.165) is 11.1 Å². The number of amides is 1. The third-order valence-electron chi connectivity index (χ3n) is 5.66. The molecule has 0 atom stereocenters. The van der Waals surface area contributed by atoms with Gasteiger partial charge in [-0.15, -0.1) is 0 Å². The number of carboxylic acids is 1. The Labute approximate surface area is 245 Å². The number of anilines is 1. The second kappa shape index (κ2) is 14.0. The lowest BCUT2D eigenvalue weighted by Crippen LogP contribution is -2.14. The molecule has 0 unspecified atom stereocenters. The zero-order valence-electron chi connectivity index (χ0n) is 21.5. The molecule has 0 aliphatic heterocycles. The van der Waals surface area contributed by atoms with Crippen LogP contribution in [0.25, 0.3) is 11.3 Å². The molecule has 0 bridgehead atoms. The molecule has 0 fully saturated rings. The highest BCUT2D eigenvalue weighted by molar-refractivity contribution is 7.98. The predicted molar refractivity (Wildman–Crippen MR) is 156 cm³/mol. The standard InChI is InChI=1S/C27H26ClN5O6S2/c28-20-4-2-6-22(15-20)41(37,38)33-26-25(23-14-18(8-11-30-23)7-10-29-17-34)27(32-31-26)40-16-19-3-1-5-21(13-19)39-12-9-24(35)36/h1-6,8,11,13-15,17H,7,9-10,12,16H2,(H,29,34)(H,35,36)(H2,31,32,33). The molecule has 0 saturated heterocycles. The van der Waals surface area contributed by atoms with Crippen LogP contribution in [0.4, 0.5) is 5.82 Å². The van der Waals surface area contributed by atoms with Gasteiger partial charge in [0.1, 0.15) is 16.6 Å². The van der Waals surface area contributed by atoms with Crippen LogP contribution in [0, 0.1) is 0 Å². The number of hydrogen-bond acceptors (Lipinski definition) is 8. The lowest BCUT2D eigenvalue weighted by atomic mass is 10.1. The number of nitrogens with zero attached hydrogens (tertiary/aromatic N) is 2. The van der Waals surface area contributed by atoms with Crippen molar-refractivity contribution in [3.05, 3.63) is 83.0 Å². The number of aromatic nitrogens is 3. The number of H-pyrrole nitrogens is 1. The van der Waals surface area contributed by atoms with Gasteiger partial charge in [-0.05, 0) is 60.0 Å². The number of hydrogen-bond donors (Lipinski definition) is 4. The van der Waals surface area contributed by atoms with Gasteiger partial charge in [-0.3, -0.25) is 24.4 Å². The molecule has 4 rings (SSSR count). The minimum absolute atomic E-state index is 0.0129. The minimum Gasteiger partial charge on any atom is -0.493 e. The van der Waals surface area contributed by atoms with Crippen LogP contribution in [0.5, 0.6) is 5.75 Å². The number of thioether (sulfide) groups is 1. The van der Waals surface area contributed by atoms with Crippen molar-refractivity contribution in [2.45, 2.75) is 28.5 Å². The van der Waals surface area contributed by atoms with Crippen molar-refractivity contribution in [2.75, 3.05) is 17.9 Å². The van der Waals surface area contributed by atoms with Gasteiger partial charge >= 0.3 is 5.97 Å². The lowest BCUT2D eigenvalue weighted by molar-refractivity contribution is -0.137. The van der Waals surface area contributed by atoms with Crippen molar-refractivity contribution in [3.8, 4) is 17.0 Å². The van der Waals surface area contributed by atoms with Gasteiger partial charge in [0.25, 0.3) is 10.0 Å². The van der Waals surface area contributed by atoms with E-state index in [0.29, 0.717) is 47.2 Å². The minimum atomic E-state index is -4.02. The van der Waals surface area contributed by atoms with Crippen LogP contribution in [0.1, 0.15) is 17.5 Å². The van der Waals surface area contributed by atoms with Gasteiger partial charge in [0.2, 0.25) is 6.41 Å². The number of carboxylic acid groups (broad SMARTS) is 1. The van der Waals surface area contributed by atoms with Gasteiger partial charge in [-0.1, -0.05) is 41.6 Å². The normalized spacial score (nSPS) is 11.1. The molecule has 2 aromatic heterocycles. The summed E-state index contributed by atoms with van der Waals surface area (Å²) in [5.74, 6) is 0.188. The second-order valence-corrected chi connectivity index (χ2v) is 11.7. The van der Waals surface area contributed by atoms with Crippen molar-refractivity contribution in [1.82, 2.24) is 20.5 Å². The maximum atomic E-state index is 13.2. The molecule has 0 aliphatic carbocycles. The molecule has 214 valence electrons. The molecule has 0 radical (unpaired) electrons. The first-order valence-electron chi connectivity index (χ1n) is 12.3. The van der Waals surface area contributed by atoms with Crippen LogP contribution in [0.15, 0.2) is 76.8 Å². The number of sulfonamides is 1. The lowest BCUT2D eigenvalue weighted by Gasteiger charge is -2.11. The summed E-state index contributed by atoms with van der Waals surface area (Å²) in [4.78, 5) is 25.9. The second-order valence-electron chi connectivity index (χ2n) is 8.64. The molecule has 14 heteroatoms. The number of aromatic amines is 1. The molecule has 41 heavy (non-hydrogen) atoms. The molecule has 2 aromatic carbocycles. The van der Waals surface area contributed by atoms with Crippen LogP contribution in [0.2, 0.25) is 5.02 Å². The number of rotatable bonds is 15. The number of nitrogens with one attached hydrogen (secondary N) is 3. The molecule has 4 aromatic rings. The van der Waals surface area contributed by atoms with Crippen LogP contribution in [0.3, 0.4) is 0 Å². The molecule has 0 saturated carbocycles. The van der Waals surface area contributed by atoms with E-state index in [1.165, 1.54) is 23.9 Å². The smallest absolute Gasteiger partial charge is 0.306 e. The maximum Gasteiger partial charge on any atom is 0.306 e. The molecule has 4 N–H and O–H groups in total.